The molecule has 1 aromatic carbocycles. The van der Waals surface area contributed by atoms with E-state index >= 15 is 0 Å². The third-order valence-corrected chi connectivity index (χ3v) is 3.05. The molecule has 102 valence electrons. The summed E-state index contributed by atoms with van der Waals surface area (Å²) >= 11 is 0. The number of methoxy groups -OCH3 is 1. The largest absolute Gasteiger partial charge is 0.496 e. The number of rotatable bonds is 7. The van der Waals surface area contributed by atoms with E-state index in [2.05, 4.69) is 31.0 Å². The van der Waals surface area contributed by atoms with Crippen LogP contribution in [-0.2, 0) is 6.42 Å². The topological polar surface area (TPSA) is 64.5 Å². The normalized spacial score (nSPS) is 12.8. The van der Waals surface area contributed by atoms with Gasteiger partial charge >= 0.3 is 0 Å². The molecule has 0 aromatic heterocycles. The third kappa shape index (κ3) is 4.64. The monoisotopic (exact) mass is 251 g/mol. The van der Waals surface area contributed by atoms with Crippen LogP contribution in [0.1, 0.15) is 11.1 Å². The lowest BCUT2D eigenvalue weighted by Crippen LogP contribution is -2.41. The Morgan fingerprint density at radius 1 is 1.39 bits per heavy atom. The predicted octanol–water partition coefficient (Wildman–Crippen LogP) is 0.764. The highest BCUT2D eigenvalue weighted by Crippen LogP contribution is 2.20. The summed E-state index contributed by atoms with van der Waals surface area (Å²) in [6.45, 7) is 4.40. The van der Waals surface area contributed by atoms with Crippen molar-refractivity contribution in [3.05, 3.63) is 29.3 Å². The van der Waals surface area contributed by atoms with E-state index in [0.717, 1.165) is 25.3 Å². The van der Waals surface area contributed by atoms with Crippen molar-refractivity contribution in [2.75, 3.05) is 33.8 Å². The van der Waals surface area contributed by atoms with Gasteiger partial charge in [0.1, 0.15) is 5.75 Å². The Morgan fingerprint density at radius 2 is 2.11 bits per heavy atom. The lowest BCUT2D eigenvalue weighted by atomic mass is 10.1. The summed E-state index contributed by atoms with van der Waals surface area (Å²) < 4.78 is 5.37. The Kier molecular flexibility index (Phi) is 6.12. The lowest BCUT2D eigenvalue weighted by Gasteiger charge is -2.20. The first-order chi connectivity index (χ1) is 8.56. The average molecular weight is 251 g/mol. The molecule has 4 heteroatoms. The van der Waals surface area contributed by atoms with Gasteiger partial charge in [-0.2, -0.15) is 0 Å². The Balaban J connectivity index is 2.54. The second-order valence-corrected chi connectivity index (χ2v) is 4.82. The van der Waals surface area contributed by atoms with E-state index in [1.54, 1.807) is 7.11 Å². The highest BCUT2D eigenvalue weighted by Gasteiger charge is 2.07. The Labute approximate surface area is 110 Å². The maximum absolute atomic E-state index is 5.83. The van der Waals surface area contributed by atoms with E-state index in [4.69, 9.17) is 16.2 Å². The van der Waals surface area contributed by atoms with E-state index in [9.17, 15) is 0 Å². The molecule has 0 aliphatic carbocycles. The van der Waals surface area contributed by atoms with Crippen LogP contribution in [0.25, 0.3) is 0 Å². The summed E-state index contributed by atoms with van der Waals surface area (Å²) in [5, 5.41) is 0. The smallest absolute Gasteiger partial charge is 0.122 e. The van der Waals surface area contributed by atoms with E-state index < -0.39 is 0 Å². The molecular weight excluding hydrogens is 226 g/mol. The molecule has 0 aliphatic rings. The van der Waals surface area contributed by atoms with Crippen LogP contribution in [-0.4, -0.2) is 44.7 Å². The minimum absolute atomic E-state index is 0.0504. The van der Waals surface area contributed by atoms with Crippen molar-refractivity contribution in [2.24, 2.45) is 11.5 Å². The molecule has 0 fully saturated rings. The second-order valence-electron chi connectivity index (χ2n) is 4.82. The first-order valence-electron chi connectivity index (χ1n) is 6.34. The standard InChI is InChI=1S/C14H25N3O/c1-11-4-5-14(18-3)12(8-11)6-7-17(2)10-13(16)9-15/h4-5,8,13H,6-7,9-10,15-16H2,1-3H3. The van der Waals surface area contributed by atoms with E-state index in [0.29, 0.717) is 6.54 Å². The molecule has 18 heavy (non-hydrogen) atoms. The van der Waals surface area contributed by atoms with Crippen molar-refractivity contribution >= 4 is 0 Å². The molecule has 1 unspecified atom stereocenters. The SMILES string of the molecule is COc1ccc(C)cc1CCN(C)CC(N)CN. The zero-order valence-corrected chi connectivity index (χ0v) is 11.6. The van der Waals surface area contributed by atoms with Crippen molar-refractivity contribution in [3.8, 4) is 5.75 Å². The molecule has 1 atom stereocenters. The van der Waals surface area contributed by atoms with E-state index in [1.807, 2.05) is 6.07 Å². The van der Waals surface area contributed by atoms with Gasteiger partial charge in [-0.15, -0.1) is 0 Å². The Morgan fingerprint density at radius 3 is 2.72 bits per heavy atom. The van der Waals surface area contributed by atoms with Gasteiger partial charge < -0.3 is 21.1 Å². The van der Waals surface area contributed by atoms with Crippen LogP contribution >= 0.6 is 0 Å². The summed E-state index contributed by atoms with van der Waals surface area (Å²) in [5.41, 5.74) is 13.9. The molecule has 0 bridgehead atoms. The third-order valence-electron chi connectivity index (χ3n) is 3.05. The van der Waals surface area contributed by atoms with Crippen molar-refractivity contribution in [1.29, 1.82) is 0 Å². The van der Waals surface area contributed by atoms with Gasteiger partial charge in [0, 0.05) is 25.7 Å². The fourth-order valence-electron chi connectivity index (χ4n) is 1.98. The van der Waals surface area contributed by atoms with E-state index in [-0.39, 0.29) is 6.04 Å². The second kappa shape index (κ2) is 7.36. The van der Waals surface area contributed by atoms with Crippen LogP contribution in [0.2, 0.25) is 0 Å². The molecule has 0 saturated heterocycles. The Bertz CT molecular complexity index is 368. The number of nitrogens with two attached hydrogens (primary N) is 2. The van der Waals surface area contributed by atoms with Gasteiger partial charge in [0.05, 0.1) is 7.11 Å². The highest BCUT2D eigenvalue weighted by atomic mass is 16.5. The van der Waals surface area contributed by atoms with Gasteiger partial charge in [0.2, 0.25) is 0 Å². The first kappa shape index (κ1) is 15.0. The molecule has 1 rings (SSSR count). The fraction of sp³-hybridized carbons (Fsp3) is 0.571. The van der Waals surface area contributed by atoms with Gasteiger partial charge in [0.25, 0.3) is 0 Å². The summed E-state index contributed by atoms with van der Waals surface area (Å²) in [6.07, 6.45) is 0.957. The number of likely N-dealkylation sites (N-methyl/N-ethyl adjacent to an activating group) is 1. The molecule has 0 aliphatic heterocycles. The van der Waals surface area contributed by atoms with Crippen LogP contribution in [0.4, 0.5) is 0 Å². The van der Waals surface area contributed by atoms with Crippen LogP contribution in [0, 0.1) is 6.92 Å². The van der Waals surface area contributed by atoms with Crippen LogP contribution < -0.4 is 16.2 Å². The maximum atomic E-state index is 5.83. The quantitative estimate of drug-likeness (QED) is 0.751. The average Bonchev–Trinajstić information content (AvgIpc) is 2.36. The van der Waals surface area contributed by atoms with Gasteiger partial charge in [0.15, 0.2) is 0 Å². The van der Waals surface area contributed by atoms with Crippen LogP contribution in [0.5, 0.6) is 5.75 Å². The molecule has 0 saturated carbocycles. The first-order valence-corrected chi connectivity index (χ1v) is 6.34. The number of nitrogens with zero attached hydrogens (tertiary/aromatic N) is 1. The molecule has 0 spiro atoms. The molecule has 4 nitrogen and oxygen atoms in total. The lowest BCUT2D eigenvalue weighted by molar-refractivity contribution is 0.314. The van der Waals surface area contributed by atoms with Crippen LogP contribution in [0.3, 0.4) is 0 Å². The highest BCUT2D eigenvalue weighted by molar-refractivity contribution is 5.37. The maximum Gasteiger partial charge on any atom is 0.122 e. The zero-order chi connectivity index (χ0) is 13.5. The summed E-state index contributed by atoms with van der Waals surface area (Å²) in [6, 6.07) is 6.32. The minimum atomic E-state index is 0.0504. The van der Waals surface area contributed by atoms with Crippen molar-refractivity contribution in [1.82, 2.24) is 4.90 Å². The molecule has 0 radical (unpaired) electrons. The number of benzene rings is 1. The molecule has 4 N–H and O–H groups in total. The van der Waals surface area contributed by atoms with Gasteiger partial charge in [-0.3, -0.25) is 0 Å². The molecule has 1 aromatic rings. The van der Waals surface area contributed by atoms with Crippen molar-refractivity contribution in [3.63, 3.8) is 0 Å². The minimum Gasteiger partial charge on any atom is -0.496 e. The van der Waals surface area contributed by atoms with Gasteiger partial charge in [-0.1, -0.05) is 17.7 Å². The number of hydrogen-bond acceptors (Lipinski definition) is 4. The summed E-state index contributed by atoms with van der Waals surface area (Å²) in [4.78, 5) is 2.21. The van der Waals surface area contributed by atoms with Crippen LogP contribution in [0.15, 0.2) is 18.2 Å². The number of ether oxygens (including phenoxy) is 1. The molecule has 0 amide bonds. The fourth-order valence-corrected chi connectivity index (χ4v) is 1.98. The van der Waals surface area contributed by atoms with Crippen molar-refractivity contribution < 1.29 is 4.74 Å². The van der Waals surface area contributed by atoms with Gasteiger partial charge in [-0.25, -0.2) is 0 Å². The Hall–Kier alpha value is -1.10. The van der Waals surface area contributed by atoms with Crippen molar-refractivity contribution in [2.45, 2.75) is 19.4 Å². The zero-order valence-electron chi connectivity index (χ0n) is 11.6. The van der Waals surface area contributed by atoms with E-state index in [1.165, 1.54) is 11.1 Å². The summed E-state index contributed by atoms with van der Waals surface area (Å²) in [5.74, 6) is 0.956. The number of hydrogen-bond donors (Lipinski definition) is 2. The molecular formula is C14H25N3O. The predicted molar refractivity (Wildman–Crippen MR) is 76.0 cm³/mol. The summed E-state index contributed by atoms with van der Waals surface area (Å²) in [7, 11) is 3.78. The number of aryl methyl sites for hydroxylation is 1. The van der Waals surface area contributed by atoms with Gasteiger partial charge in [-0.05, 0) is 32.0 Å². The molecule has 0 heterocycles.